The molecule has 1 N–H and O–H groups in total. The molecule has 0 saturated carbocycles. The summed E-state index contributed by atoms with van der Waals surface area (Å²) in [6.07, 6.45) is 2.15. The summed E-state index contributed by atoms with van der Waals surface area (Å²) >= 11 is 0. The van der Waals surface area contributed by atoms with Crippen LogP contribution in [0, 0.1) is 5.82 Å². The molecule has 0 radical (unpaired) electrons. The molecule has 72 valence electrons. The molecule has 0 amide bonds. The molecule has 0 fully saturated rings. The summed E-state index contributed by atoms with van der Waals surface area (Å²) in [4.78, 5) is 10.9. The molecule has 1 aromatic rings. The highest BCUT2D eigenvalue weighted by atomic mass is 19.1. The van der Waals surface area contributed by atoms with Crippen LogP contribution in [0.25, 0.3) is 0 Å². The van der Waals surface area contributed by atoms with Crippen molar-refractivity contribution in [1.82, 2.24) is 9.78 Å². The standard InChI is InChI=1S/C8H11FN2O2/c1-6(12)8(2,13)5-11-4-7(9)3-10-11/h3-4,13H,5H2,1-2H3/t8-/m0/s1. The fraction of sp³-hybridized carbons (Fsp3) is 0.500. The number of hydrogen-bond donors (Lipinski definition) is 1. The van der Waals surface area contributed by atoms with E-state index in [1.165, 1.54) is 18.5 Å². The largest absolute Gasteiger partial charge is 0.380 e. The van der Waals surface area contributed by atoms with E-state index < -0.39 is 11.4 Å². The lowest BCUT2D eigenvalue weighted by Gasteiger charge is -2.19. The molecule has 0 aliphatic rings. The van der Waals surface area contributed by atoms with Crippen LogP contribution in [0.2, 0.25) is 0 Å². The van der Waals surface area contributed by atoms with Crippen molar-refractivity contribution >= 4 is 5.78 Å². The van der Waals surface area contributed by atoms with Crippen LogP contribution in [0.4, 0.5) is 4.39 Å². The van der Waals surface area contributed by atoms with E-state index in [1.807, 2.05) is 0 Å². The van der Waals surface area contributed by atoms with Gasteiger partial charge in [0.05, 0.1) is 18.9 Å². The third-order valence-corrected chi connectivity index (χ3v) is 1.83. The third-order valence-electron chi connectivity index (χ3n) is 1.83. The Morgan fingerprint density at radius 2 is 2.46 bits per heavy atom. The Labute approximate surface area is 75.0 Å². The second kappa shape index (κ2) is 3.26. The van der Waals surface area contributed by atoms with Crippen molar-refractivity contribution in [2.24, 2.45) is 0 Å². The topological polar surface area (TPSA) is 55.1 Å². The predicted molar refractivity (Wildman–Crippen MR) is 43.5 cm³/mol. The summed E-state index contributed by atoms with van der Waals surface area (Å²) in [6, 6.07) is 0. The number of Topliss-reactive ketones (excluding diaryl/α,β-unsaturated/α-hetero) is 1. The van der Waals surface area contributed by atoms with Gasteiger partial charge in [0.2, 0.25) is 0 Å². The van der Waals surface area contributed by atoms with Crippen molar-refractivity contribution in [2.45, 2.75) is 26.0 Å². The fourth-order valence-corrected chi connectivity index (χ4v) is 0.852. The molecule has 1 atom stereocenters. The summed E-state index contributed by atoms with van der Waals surface area (Å²) < 4.78 is 13.6. The van der Waals surface area contributed by atoms with Crippen molar-refractivity contribution in [3.63, 3.8) is 0 Å². The molecule has 0 bridgehead atoms. The van der Waals surface area contributed by atoms with Crippen molar-refractivity contribution in [2.75, 3.05) is 0 Å². The van der Waals surface area contributed by atoms with Gasteiger partial charge in [0.1, 0.15) is 5.60 Å². The number of nitrogens with zero attached hydrogens (tertiary/aromatic N) is 2. The number of ketones is 1. The van der Waals surface area contributed by atoms with Gasteiger partial charge in [-0.3, -0.25) is 9.48 Å². The molecule has 1 heterocycles. The van der Waals surface area contributed by atoms with Gasteiger partial charge in [-0.25, -0.2) is 4.39 Å². The molecule has 0 aromatic carbocycles. The lowest BCUT2D eigenvalue weighted by molar-refractivity contribution is -0.134. The first-order chi connectivity index (χ1) is 5.92. The van der Waals surface area contributed by atoms with E-state index in [4.69, 9.17) is 0 Å². The first-order valence-electron chi connectivity index (χ1n) is 3.83. The second-order valence-corrected chi connectivity index (χ2v) is 3.19. The monoisotopic (exact) mass is 186 g/mol. The minimum Gasteiger partial charge on any atom is -0.380 e. The molecule has 5 heteroatoms. The van der Waals surface area contributed by atoms with E-state index in [1.54, 1.807) is 0 Å². The van der Waals surface area contributed by atoms with E-state index in [2.05, 4.69) is 5.10 Å². The van der Waals surface area contributed by atoms with Gasteiger partial charge in [-0.2, -0.15) is 5.10 Å². The van der Waals surface area contributed by atoms with Crippen molar-refractivity contribution in [1.29, 1.82) is 0 Å². The Bertz CT molecular complexity index is 320. The molecule has 4 nitrogen and oxygen atoms in total. The summed E-state index contributed by atoms with van der Waals surface area (Å²) in [5, 5.41) is 13.1. The molecule has 0 saturated heterocycles. The van der Waals surface area contributed by atoms with Gasteiger partial charge in [0.15, 0.2) is 11.6 Å². The Hall–Kier alpha value is -1.23. The second-order valence-electron chi connectivity index (χ2n) is 3.19. The van der Waals surface area contributed by atoms with Gasteiger partial charge in [0.25, 0.3) is 0 Å². The van der Waals surface area contributed by atoms with Crippen molar-refractivity contribution in [3.05, 3.63) is 18.2 Å². The maximum atomic E-state index is 12.5. The summed E-state index contributed by atoms with van der Waals surface area (Å²) in [5.74, 6) is -0.859. The van der Waals surface area contributed by atoms with Crippen molar-refractivity contribution < 1.29 is 14.3 Å². The first kappa shape index (κ1) is 9.85. The minimum absolute atomic E-state index is 0.0355. The molecule has 13 heavy (non-hydrogen) atoms. The van der Waals surface area contributed by atoms with Crippen LogP contribution in [0.1, 0.15) is 13.8 Å². The molecule has 0 aliphatic heterocycles. The summed E-state index contributed by atoms with van der Waals surface area (Å²) in [5.41, 5.74) is -1.49. The van der Waals surface area contributed by atoms with E-state index in [9.17, 15) is 14.3 Å². The molecule has 1 rings (SSSR count). The minimum atomic E-state index is -1.49. The van der Waals surface area contributed by atoms with Gasteiger partial charge in [-0.1, -0.05) is 0 Å². The number of carbonyl (C=O) groups excluding carboxylic acids is 1. The average Bonchev–Trinajstić information content (AvgIpc) is 2.34. The number of aliphatic hydroxyl groups is 1. The first-order valence-corrected chi connectivity index (χ1v) is 3.83. The van der Waals surface area contributed by atoms with E-state index >= 15 is 0 Å². The number of carbonyl (C=O) groups is 1. The average molecular weight is 186 g/mol. The Morgan fingerprint density at radius 1 is 1.85 bits per heavy atom. The fourth-order valence-electron chi connectivity index (χ4n) is 0.852. The van der Waals surface area contributed by atoms with Crippen LogP contribution in [-0.4, -0.2) is 26.3 Å². The molecule has 0 spiro atoms. The zero-order valence-corrected chi connectivity index (χ0v) is 7.49. The van der Waals surface area contributed by atoms with E-state index in [-0.39, 0.29) is 12.3 Å². The number of halogens is 1. The summed E-state index contributed by atoms with van der Waals surface area (Å²) in [7, 11) is 0. The lowest BCUT2D eigenvalue weighted by Crippen LogP contribution is -2.38. The van der Waals surface area contributed by atoms with Gasteiger partial charge >= 0.3 is 0 Å². The highest BCUT2D eigenvalue weighted by molar-refractivity contribution is 5.83. The predicted octanol–water partition coefficient (Wildman–Crippen LogP) is 0.362. The van der Waals surface area contributed by atoms with Crippen LogP contribution in [-0.2, 0) is 11.3 Å². The zero-order valence-electron chi connectivity index (χ0n) is 7.49. The summed E-state index contributed by atoms with van der Waals surface area (Å²) in [6.45, 7) is 2.61. The molecular formula is C8H11FN2O2. The van der Waals surface area contributed by atoms with Crippen LogP contribution in [0.3, 0.4) is 0 Å². The quantitative estimate of drug-likeness (QED) is 0.741. The molecular weight excluding hydrogens is 175 g/mol. The van der Waals surface area contributed by atoms with Gasteiger partial charge < -0.3 is 5.11 Å². The van der Waals surface area contributed by atoms with E-state index in [0.717, 1.165) is 12.4 Å². The molecule has 1 aromatic heterocycles. The van der Waals surface area contributed by atoms with Gasteiger partial charge in [-0.15, -0.1) is 0 Å². The van der Waals surface area contributed by atoms with E-state index in [0.29, 0.717) is 0 Å². The maximum absolute atomic E-state index is 12.5. The zero-order chi connectivity index (χ0) is 10.1. The Balaban J connectivity index is 2.74. The normalized spacial score (nSPS) is 15.4. The van der Waals surface area contributed by atoms with Crippen LogP contribution < -0.4 is 0 Å². The molecule has 0 unspecified atom stereocenters. The lowest BCUT2D eigenvalue weighted by atomic mass is 10.0. The van der Waals surface area contributed by atoms with Crippen LogP contribution in [0.15, 0.2) is 12.4 Å². The van der Waals surface area contributed by atoms with Crippen LogP contribution in [0.5, 0.6) is 0 Å². The highest BCUT2D eigenvalue weighted by Gasteiger charge is 2.27. The highest BCUT2D eigenvalue weighted by Crippen LogP contribution is 2.08. The molecule has 0 aliphatic carbocycles. The van der Waals surface area contributed by atoms with Crippen LogP contribution >= 0.6 is 0 Å². The SMILES string of the molecule is CC(=O)[C@@](C)(O)Cn1cc(F)cn1. The van der Waals surface area contributed by atoms with Gasteiger partial charge in [0, 0.05) is 0 Å². The van der Waals surface area contributed by atoms with Gasteiger partial charge in [-0.05, 0) is 13.8 Å². The Kier molecular flexibility index (Phi) is 2.47. The number of rotatable bonds is 3. The Morgan fingerprint density at radius 3 is 2.85 bits per heavy atom. The number of hydrogen-bond acceptors (Lipinski definition) is 3. The maximum Gasteiger partial charge on any atom is 0.162 e. The number of aromatic nitrogens is 2. The third kappa shape index (κ3) is 2.35. The smallest absolute Gasteiger partial charge is 0.162 e. The van der Waals surface area contributed by atoms with Crippen molar-refractivity contribution in [3.8, 4) is 0 Å².